The van der Waals surface area contributed by atoms with Crippen LogP contribution < -0.4 is 0 Å². The van der Waals surface area contributed by atoms with E-state index in [1.54, 1.807) is 6.92 Å². The van der Waals surface area contributed by atoms with Gasteiger partial charge in [0.15, 0.2) is 0 Å². The van der Waals surface area contributed by atoms with E-state index in [9.17, 15) is 27.2 Å². The fourth-order valence-corrected chi connectivity index (χ4v) is 5.09. The van der Waals surface area contributed by atoms with E-state index in [1.165, 1.54) is 9.80 Å². The van der Waals surface area contributed by atoms with Crippen LogP contribution in [0.1, 0.15) is 51.9 Å². The Bertz CT molecular complexity index is 595. The molecule has 0 spiro atoms. The number of nitrogens with zero attached hydrogens (tertiary/aromatic N) is 2. The van der Waals surface area contributed by atoms with Crippen molar-refractivity contribution in [2.24, 2.45) is 11.8 Å². The molecule has 1 saturated heterocycles. The number of carbonyl (C=O) groups is 2. The summed E-state index contributed by atoms with van der Waals surface area (Å²) in [6.45, 7) is 1.74. The van der Waals surface area contributed by atoms with Crippen LogP contribution in [0.2, 0.25) is 0 Å². The molecule has 4 atom stereocenters. The maximum absolute atomic E-state index is 14.4. The molecule has 0 bridgehead atoms. The van der Waals surface area contributed by atoms with Crippen LogP contribution in [0.25, 0.3) is 0 Å². The molecule has 3 fully saturated rings. The third kappa shape index (κ3) is 4.57. The summed E-state index contributed by atoms with van der Waals surface area (Å²) in [6.07, 6.45) is -3.29. The van der Waals surface area contributed by atoms with Crippen LogP contribution in [-0.4, -0.2) is 64.5 Å². The number of alkyl halides is 5. The summed E-state index contributed by atoms with van der Waals surface area (Å²) in [7, 11) is 0. The lowest BCUT2D eigenvalue weighted by Gasteiger charge is -2.45. The van der Waals surface area contributed by atoms with E-state index in [2.05, 4.69) is 0 Å². The van der Waals surface area contributed by atoms with Gasteiger partial charge in [0.1, 0.15) is 18.8 Å². The van der Waals surface area contributed by atoms with Crippen LogP contribution >= 0.6 is 11.6 Å². The van der Waals surface area contributed by atoms with E-state index in [1.807, 2.05) is 0 Å². The lowest BCUT2D eigenvalue weighted by Crippen LogP contribution is -2.63. The van der Waals surface area contributed by atoms with Crippen molar-refractivity contribution < 1.29 is 27.2 Å². The number of piperazine rings is 1. The van der Waals surface area contributed by atoms with Gasteiger partial charge in [0, 0.05) is 11.9 Å². The van der Waals surface area contributed by atoms with Crippen LogP contribution in [0.5, 0.6) is 0 Å². The number of halogens is 5. The standard InChI is InChI=1S/C19H27ClF4N2O2/c1-11-18(28)26(16-7-6-14(20)8-15(16)21)10-17(27)25(11)9-12-2-4-13(5-3-12)19(22,23)24/h11-16H,2-10H2,1H3/t11-,12?,13?,14?,15?,16?/m0/s1. The highest BCUT2D eigenvalue weighted by atomic mass is 35.5. The first-order valence-corrected chi connectivity index (χ1v) is 10.5. The topological polar surface area (TPSA) is 40.6 Å². The van der Waals surface area contributed by atoms with Crippen molar-refractivity contribution in [3.05, 3.63) is 0 Å². The molecule has 2 saturated carbocycles. The highest BCUT2D eigenvalue weighted by molar-refractivity contribution is 6.20. The fraction of sp³-hybridized carbons (Fsp3) is 0.895. The van der Waals surface area contributed by atoms with Crippen molar-refractivity contribution >= 4 is 23.4 Å². The van der Waals surface area contributed by atoms with Crippen LogP contribution in [0.15, 0.2) is 0 Å². The Morgan fingerprint density at radius 1 is 1.07 bits per heavy atom. The van der Waals surface area contributed by atoms with E-state index in [0.717, 1.165) is 0 Å². The Kier molecular flexibility index (Phi) is 6.47. The number of hydrogen-bond donors (Lipinski definition) is 0. The van der Waals surface area contributed by atoms with E-state index in [4.69, 9.17) is 11.6 Å². The second-order valence-electron chi connectivity index (χ2n) is 8.44. The van der Waals surface area contributed by atoms with Crippen molar-refractivity contribution in [1.29, 1.82) is 0 Å². The highest BCUT2D eigenvalue weighted by Crippen LogP contribution is 2.40. The van der Waals surface area contributed by atoms with Crippen molar-refractivity contribution in [2.75, 3.05) is 13.1 Å². The van der Waals surface area contributed by atoms with E-state index in [-0.39, 0.29) is 55.5 Å². The molecule has 160 valence electrons. The molecule has 3 unspecified atom stereocenters. The molecule has 2 amide bonds. The Morgan fingerprint density at radius 2 is 1.71 bits per heavy atom. The average Bonchev–Trinajstić information content (AvgIpc) is 2.62. The molecule has 0 aromatic rings. The zero-order chi connectivity index (χ0) is 20.6. The van der Waals surface area contributed by atoms with Crippen molar-refractivity contribution in [3.63, 3.8) is 0 Å². The van der Waals surface area contributed by atoms with Crippen LogP contribution in [0.4, 0.5) is 17.6 Å². The molecule has 0 radical (unpaired) electrons. The van der Waals surface area contributed by atoms with Crippen molar-refractivity contribution in [3.8, 4) is 0 Å². The summed E-state index contributed by atoms with van der Waals surface area (Å²) in [6, 6.07) is -1.35. The monoisotopic (exact) mass is 426 g/mol. The molecule has 4 nitrogen and oxygen atoms in total. The van der Waals surface area contributed by atoms with E-state index >= 15 is 0 Å². The highest BCUT2D eigenvalue weighted by Gasteiger charge is 2.45. The SMILES string of the molecule is C[C@H]1C(=O)N(C2CCC(Cl)CC2F)CC(=O)N1CC1CCC(C(F)(F)F)CC1. The van der Waals surface area contributed by atoms with Gasteiger partial charge >= 0.3 is 6.18 Å². The Morgan fingerprint density at radius 3 is 2.29 bits per heavy atom. The first-order valence-electron chi connectivity index (χ1n) is 10.0. The fourth-order valence-electron chi connectivity index (χ4n) is 4.80. The third-order valence-corrected chi connectivity index (χ3v) is 6.97. The molecule has 1 heterocycles. The normalized spacial score (nSPS) is 38.1. The minimum atomic E-state index is -4.17. The van der Waals surface area contributed by atoms with Gasteiger partial charge in [-0.2, -0.15) is 13.2 Å². The first-order chi connectivity index (χ1) is 13.1. The zero-order valence-electron chi connectivity index (χ0n) is 15.9. The quantitative estimate of drug-likeness (QED) is 0.507. The summed E-state index contributed by atoms with van der Waals surface area (Å²) < 4.78 is 52.9. The minimum Gasteiger partial charge on any atom is -0.329 e. The van der Waals surface area contributed by atoms with Gasteiger partial charge in [0.05, 0.1) is 12.0 Å². The third-order valence-electron chi connectivity index (χ3n) is 6.57. The zero-order valence-corrected chi connectivity index (χ0v) is 16.7. The van der Waals surface area contributed by atoms with Gasteiger partial charge in [-0.1, -0.05) is 0 Å². The van der Waals surface area contributed by atoms with E-state index < -0.39 is 30.3 Å². The molecule has 0 aromatic heterocycles. The van der Waals surface area contributed by atoms with Gasteiger partial charge in [0.25, 0.3) is 0 Å². The summed E-state index contributed by atoms with van der Waals surface area (Å²) >= 11 is 5.99. The smallest absolute Gasteiger partial charge is 0.329 e. The largest absolute Gasteiger partial charge is 0.391 e. The Labute approximate surface area is 167 Å². The molecule has 1 aliphatic heterocycles. The molecule has 9 heteroatoms. The number of amides is 2. The van der Waals surface area contributed by atoms with Gasteiger partial charge in [-0.15, -0.1) is 11.6 Å². The molecule has 3 aliphatic rings. The van der Waals surface area contributed by atoms with Gasteiger partial charge in [-0.3, -0.25) is 9.59 Å². The molecule has 0 N–H and O–H groups in total. The summed E-state index contributed by atoms with van der Waals surface area (Å²) in [5.74, 6) is -1.85. The number of hydrogen-bond acceptors (Lipinski definition) is 2. The molecule has 2 aliphatic carbocycles. The lowest BCUT2D eigenvalue weighted by molar-refractivity contribution is -0.184. The van der Waals surface area contributed by atoms with Crippen molar-refractivity contribution in [2.45, 2.75) is 81.7 Å². The summed E-state index contributed by atoms with van der Waals surface area (Å²) in [4.78, 5) is 28.3. The number of carbonyl (C=O) groups excluding carboxylic acids is 2. The molecular weight excluding hydrogens is 400 g/mol. The maximum atomic E-state index is 14.4. The van der Waals surface area contributed by atoms with Gasteiger partial charge in [-0.25, -0.2) is 4.39 Å². The molecular formula is C19H27ClF4N2O2. The second kappa shape index (κ2) is 8.36. The van der Waals surface area contributed by atoms with Gasteiger partial charge in [-0.05, 0) is 57.8 Å². The molecule has 0 aromatic carbocycles. The summed E-state index contributed by atoms with van der Waals surface area (Å²) in [5, 5.41) is -0.248. The van der Waals surface area contributed by atoms with Gasteiger partial charge < -0.3 is 9.80 Å². The van der Waals surface area contributed by atoms with E-state index in [0.29, 0.717) is 25.7 Å². The van der Waals surface area contributed by atoms with Crippen LogP contribution in [0.3, 0.4) is 0 Å². The van der Waals surface area contributed by atoms with Crippen LogP contribution in [0, 0.1) is 11.8 Å². The number of rotatable bonds is 3. The lowest BCUT2D eigenvalue weighted by atomic mass is 9.81. The second-order valence-corrected chi connectivity index (χ2v) is 9.06. The predicted octanol–water partition coefficient (Wildman–Crippen LogP) is 3.91. The molecule has 28 heavy (non-hydrogen) atoms. The van der Waals surface area contributed by atoms with Gasteiger partial charge in [0.2, 0.25) is 11.8 Å². The summed E-state index contributed by atoms with van der Waals surface area (Å²) in [5.41, 5.74) is 0. The van der Waals surface area contributed by atoms with Crippen LogP contribution in [-0.2, 0) is 9.59 Å². The van der Waals surface area contributed by atoms with Crippen molar-refractivity contribution in [1.82, 2.24) is 9.80 Å². The molecule has 3 rings (SSSR count). The maximum Gasteiger partial charge on any atom is 0.391 e. The average molecular weight is 427 g/mol. The first kappa shape index (κ1) is 21.7. The Hall–Kier alpha value is -1.05. The Balaban J connectivity index is 1.59. The predicted molar refractivity (Wildman–Crippen MR) is 96.6 cm³/mol. The minimum absolute atomic E-state index is 0.0371.